The highest BCUT2D eigenvalue weighted by Crippen LogP contribution is 2.39. The smallest absolute Gasteiger partial charge is 0.160 e. The molecule has 1 unspecified atom stereocenters. The molecule has 51 heavy (non-hydrogen) atoms. The standard InChI is InChI=1S/C47H31N3O/c1-3-12-30(13-4-1)33-24-25-35-29-36(27-26-34(35)28-33)45-48-46(39-20-9-17-31-16-7-8-18-37(31)39)50-47(49-45)41-22-11-23-42-43(41)40-21-10-19-38(44(40)51-42)32-14-5-2-6-15-32/h1-29,46H,(H,48,49,50). The third kappa shape index (κ3) is 5.08. The van der Waals surface area contributed by atoms with Crippen LogP contribution >= 0.6 is 0 Å². The Balaban J connectivity index is 1.15. The van der Waals surface area contributed by atoms with Gasteiger partial charge in [-0.25, -0.2) is 9.98 Å². The predicted octanol–water partition coefficient (Wildman–Crippen LogP) is 11.7. The Morgan fingerprint density at radius 3 is 1.96 bits per heavy atom. The first kappa shape index (κ1) is 29.2. The lowest BCUT2D eigenvalue weighted by Crippen LogP contribution is -2.33. The van der Waals surface area contributed by atoms with Gasteiger partial charge in [-0.3, -0.25) is 0 Å². The van der Waals surface area contributed by atoms with E-state index in [1.165, 1.54) is 21.9 Å². The van der Waals surface area contributed by atoms with E-state index in [0.29, 0.717) is 5.84 Å². The number of rotatable bonds is 5. The van der Waals surface area contributed by atoms with Crippen LogP contribution < -0.4 is 5.32 Å². The first-order valence-electron chi connectivity index (χ1n) is 17.3. The second-order valence-electron chi connectivity index (χ2n) is 13.0. The molecular formula is C47H31N3O. The van der Waals surface area contributed by atoms with Crippen molar-refractivity contribution in [3.8, 4) is 22.3 Å². The fourth-order valence-corrected chi connectivity index (χ4v) is 7.45. The average molecular weight is 654 g/mol. The van der Waals surface area contributed by atoms with E-state index in [1.807, 2.05) is 18.2 Å². The van der Waals surface area contributed by atoms with Gasteiger partial charge in [0.25, 0.3) is 0 Å². The van der Waals surface area contributed by atoms with E-state index in [2.05, 4.69) is 163 Å². The molecule has 240 valence electrons. The van der Waals surface area contributed by atoms with E-state index in [-0.39, 0.29) is 6.17 Å². The number of hydrogen-bond acceptors (Lipinski definition) is 4. The average Bonchev–Trinajstić information content (AvgIpc) is 3.60. The van der Waals surface area contributed by atoms with Crippen molar-refractivity contribution in [2.45, 2.75) is 6.17 Å². The molecule has 8 aromatic carbocycles. The van der Waals surface area contributed by atoms with Gasteiger partial charge in [0.05, 0.1) is 0 Å². The maximum absolute atomic E-state index is 6.62. The molecule has 1 atom stereocenters. The summed E-state index contributed by atoms with van der Waals surface area (Å²) in [5.41, 5.74) is 9.30. The number of benzene rings is 8. The van der Waals surface area contributed by atoms with Gasteiger partial charge in [-0.15, -0.1) is 0 Å². The van der Waals surface area contributed by atoms with Crippen LogP contribution in [0.4, 0.5) is 0 Å². The van der Waals surface area contributed by atoms with Crippen molar-refractivity contribution < 1.29 is 4.42 Å². The molecule has 0 saturated heterocycles. The summed E-state index contributed by atoms with van der Waals surface area (Å²) >= 11 is 0. The Morgan fingerprint density at radius 1 is 0.471 bits per heavy atom. The number of fused-ring (bicyclic) bond motifs is 5. The molecule has 0 aliphatic carbocycles. The van der Waals surface area contributed by atoms with Gasteiger partial charge in [-0.1, -0.05) is 158 Å². The van der Waals surface area contributed by atoms with E-state index in [9.17, 15) is 0 Å². The minimum absolute atomic E-state index is 0.358. The zero-order valence-electron chi connectivity index (χ0n) is 27.6. The van der Waals surface area contributed by atoms with E-state index >= 15 is 0 Å². The van der Waals surface area contributed by atoms with Crippen LogP contribution in [0.15, 0.2) is 190 Å². The molecule has 0 amide bonds. The zero-order valence-corrected chi connectivity index (χ0v) is 27.6. The summed E-state index contributed by atoms with van der Waals surface area (Å²) in [6, 6.07) is 61.6. The summed E-state index contributed by atoms with van der Waals surface area (Å²) < 4.78 is 6.62. The molecule has 1 aliphatic heterocycles. The molecule has 1 aromatic heterocycles. The highest BCUT2D eigenvalue weighted by molar-refractivity contribution is 6.23. The number of hydrogen-bond donors (Lipinski definition) is 1. The lowest BCUT2D eigenvalue weighted by molar-refractivity contribution is 0.669. The van der Waals surface area contributed by atoms with Gasteiger partial charge < -0.3 is 9.73 Å². The van der Waals surface area contributed by atoms with Crippen LogP contribution in [0.5, 0.6) is 0 Å². The molecule has 1 N–H and O–H groups in total. The van der Waals surface area contributed by atoms with Gasteiger partial charge >= 0.3 is 0 Å². The Kier molecular flexibility index (Phi) is 6.85. The molecule has 4 nitrogen and oxygen atoms in total. The third-order valence-corrected chi connectivity index (χ3v) is 9.93. The summed E-state index contributed by atoms with van der Waals surface area (Å²) in [7, 11) is 0. The summed E-state index contributed by atoms with van der Waals surface area (Å²) in [5, 5.41) is 10.5. The SMILES string of the molecule is c1ccc(-c2ccc3cc(C4=NC(c5cccc6oc7c(-c8ccccc8)cccc7c56)=NC(c5cccc6ccccc56)N4)ccc3c2)cc1. The summed E-state index contributed by atoms with van der Waals surface area (Å²) in [5.74, 6) is 1.45. The number of aliphatic imine (C=N–C) groups is 2. The van der Waals surface area contributed by atoms with Crippen molar-refractivity contribution in [3.05, 3.63) is 193 Å². The molecule has 0 spiro atoms. The largest absolute Gasteiger partial charge is 0.455 e. The van der Waals surface area contributed by atoms with E-state index in [1.54, 1.807) is 0 Å². The zero-order chi connectivity index (χ0) is 33.7. The van der Waals surface area contributed by atoms with Crippen molar-refractivity contribution in [2.24, 2.45) is 9.98 Å². The quantitative estimate of drug-likeness (QED) is 0.201. The van der Waals surface area contributed by atoms with Crippen molar-refractivity contribution in [1.29, 1.82) is 0 Å². The maximum Gasteiger partial charge on any atom is 0.160 e. The first-order chi connectivity index (χ1) is 25.3. The van der Waals surface area contributed by atoms with Crippen molar-refractivity contribution in [1.82, 2.24) is 5.32 Å². The van der Waals surface area contributed by atoms with Crippen molar-refractivity contribution in [3.63, 3.8) is 0 Å². The number of nitrogens with zero attached hydrogens (tertiary/aromatic N) is 2. The molecule has 9 aromatic rings. The van der Waals surface area contributed by atoms with Crippen LogP contribution in [0, 0.1) is 0 Å². The van der Waals surface area contributed by atoms with Gasteiger partial charge in [0.15, 0.2) is 5.84 Å². The summed E-state index contributed by atoms with van der Waals surface area (Å²) in [6.07, 6.45) is -0.358. The van der Waals surface area contributed by atoms with Crippen molar-refractivity contribution >= 4 is 55.2 Å². The number of furan rings is 1. The molecule has 10 rings (SSSR count). The topological polar surface area (TPSA) is 49.9 Å². The molecular weight excluding hydrogens is 623 g/mol. The number of para-hydroxylation sites is 1. The second-order valence-corrected chi connectivity index (χ2v) is 13.0. The predicted molar refractivity (Wildman–Crippen MR) is 211 cm³/mol. The minimum atomic E-state index is -0.358. The van der Waals surface area contributed by atoms with E-state index < -0.39 is 0 Å². The highest BCUT2D eigenvalue weighted by Gasteiger charge is 2.25. The van der Waals surface area contributed by atoms with Crippen LogP contribution in [-0.2, 0) is 0 Å². The Morgan fingerprint density at radius 2 is 1.12 bits per heavy atom. The normalized spacial score (nSPS) is 14.5. The second kappa shape index (κ2) is 12.0. The molecule has 2 heterocycles. The molecule has 4 heteroatoms. The summed E-state index contributed by atoms with van der Waals surface area (Å²) in [4.78, 5) is 10.6. The lowest BCUT2D eigenvalue weighted by atomic mass is 9.98. The molecule has 0 bridgehead atoms. The molecule has 0 saturated carbocycles. The fraction of sp³-hybridized carbons (Fsp3) is 0.0213. The molecule has 0 fully saturated rings. The van der Waals surface area contributed by atoms with Gasteiger partial charge in [-0.05, 0) is 56.4 Å². The van der Waals surface area contributed by atoms with E-state index in [4.69, 9.17) is 14.4 Å². The molecule has 0 radical (unpaired) electrons. The Hall–Kier alpha value is -6.78. The maximum atomic E-state index is 6.62. The number of nitrogens with one attached hydrogen (secondary N) is 1. The monoisotopic (exact) mass is 653 g/mol. The summed E-state index contributed by atoms with van der Waals surface area (Å²) in [6.45, 7) is 0. The number of amidine groups is 2. The van der Waals surface area contributed by atoms with Gasteiger partial charge in [-0.2, -0.15) is 0 Å². The minimum Gasteiger partial charge on any atom is -0.455 e. The van der Waals surface area contributed by atoms with Gasteiger partial charge in [0.2, 0.25) is 0 Å². The Labute approximate surface area is 295 Å². The van der Waals surface area contributed by atoms with Crippen LogP contribution in [0.25, 0.3) is 65.7 Å². The fourth-order valence-electron chi connectivity index (χ4n) is 7.45. The molecule has 1 aliphatic rings. The Bertz CT molecular complexity index is 2830. The van der Waals surface area contributed by atoms with Crippen LogP contribution in [0.1, 0.15) is 22.9 Å². The highest BCUT2D eigenvalue weighted by atomic mass is 16.3. The first-order valence-corrected chi connectivity index (χ1v) is 17.3. The van der Waals surface area contributed by atoms with E-state index in [0.717, 1.165) is 66.4 Å². The van der Waals surface area contributed by atoms with Crippen LogP contribution in [0.3, 0.4) is 0 Å². The van der Waals surface area contributed by atoms with Gasteiger partial charge in [0.1, 0.15) is 23.2 Å². The lowest BCUT2D eigenvalue weighted by Gasteiger charge is -2.25. The van der Waals surface area contributed by atoms with Gasteiger partial charge in [0, 0.05) is 33.0 Å². The van der Waals surface area contributed by atoms with Crippen LogP contribution in [0.2, 0.25) is 0 Å². The van der Waals surface area contributed by atoms with Crippen LogP contribution in [-0.4, -0.2) is 11.7 Å². The van der Waals surface area contributed by atoms with Crippen molar-refractivity contribution in [2.75, 3.05) is 0 Å². The third-order valence-electron chi connectivity index (χ3n) is 9.93.